The summed E-state index contributed by atoms with van der Waals surface area (Å²) >= 11 is 1.65. The molecule has 1 aliphatic rings. The molecule has 21 heavy (non-hydrogen) atoms. The molecule has 1 fully saturated rings. The number of rotatable bonds is 3. The van der Waals surface area contributed by atoms with Gasteiger partial charge in [-0.3, -0.25) is 4.90 Å². The molecule has 1 aromatic carbocycles. The second kappa shape index (κ2) is 6.13. The van der Waals surface area contributed by atoms with Gasteiger partial charge >= 0.3 is 0 Å². The highest BCUT2D eigenvalue weighted by molar-refractivity contribution is 7.10. The van der Waals surface area contributed by atoms with E-state index in [1.165, 1.54) is 6.07 Å². The van der Waals surface area contributed by atoms with Crippen molar-refractivity contribution in [3.05, 3.63) is 51.5 Å². The van der Waals surface area contributed by atoms with Crippen molar-refractivity contribution < 1.29 is 9.50 Å². The van der Waals surface area contributed by atoms with Crippen LogP contribution < -0.4 is 5.32 Å². The fraction of sp³-hybridized carbons (Fsp3) is 0.375. The molecular formula is C16H19FN2OS. The van der Waals surface area contributed by atoms with Crippen molar-refractivity contribution >= 4 is 11.3 Å². The summed E-state index contributed by atoms with van der Waals surface area (Å²) in [5.74, 6) is -0.765. The molecule has 0 unspecified atom stereocenters. The lowest BCUT2D eigenvalue weighted by Crippen LogP contribution is -2.45. The molecular weight excluding hydrogens is 287 g/mol. The number of phenols is 1. The number of phenolic OH excluding ortho intramolecular Hbond substituents is 1. The smallest absolute Gasteiger partial charge is 0.165 e. The van der Waals surface area contributed by atoms with Gasteiger partial charge in [0.2, 0.25) is 0 Å². The van der Waals surface area contributed by atoms with Gasteiger partial charge in [-0.25, -0.2) is 4.39 Å². The molecule has 0 aliphatic carbocycles. The van der Waals surface area contributed by atoms with Crippen molar-refractivity contribution in [2.24, 2.45) is 0 Å². The van der Waals surface area contributed by atoms with Crippen LogP contribution in [-0.2, 0) is 0 Å². The lowest BCUT2D eigenvalue weighted by Gasteiger charge is -2.35. The first-order chi connectivity index (χ1) is 10.2. The van der Waals surface area contributed by atoms with Crippen molar-refractivity contribution in [3.8, 4) is 5.75 Å². The highest BCUT2D eigenvalue weighted by Crippen LogP contribution is 2.39. The number of piperazine rings is 1. The zero-order valence-electron chi connectivity index (χ0n) is 12.0. The third kappa shape index (κ3) is 2.81. The lowest BCUT2D eigenvalue weighted by molar-refractivity contribution is 0.197. The Bertz CT molecular complexity index is 609. The summed E-state index contributed by atoms with van der Waals surface area (Å²) in [5, 5.41) is 15.6. The number of benzene rings is 1. The van der Waals surface area contributed by atoms with E-state index in [0.717, 1.165) is 36.6 Å². The summed E-state index contributed by atoms with van der Waals surface area (Å²) in [6.45, 7) is 5.53. The molecule has 3 nitrogen and oxygen atoms in total. The Labute approximate surface area is 128 Å². The largest absolute Gasteiger partial charge is 0.505 e. The van der Waals surface area contributed by atoms with Crippen molar-refractivity contribution in [2.45, 2.75) is 13.0 Å². The van der Waals surface area contributed by atoms with Crippen LogP contribution in [0.5, 0.6) is 5.75 Å². The predicted octanol–water partition coefficient (Wildman–Crippen LogP) is 2.90. The third-order valence-electron chi connectivity index (χ3n) is 3.99. The number of nitrogens with zero attached hydrogens (tertiary/aromatic N) is 1. The van der Waals surface area contributed by atoms with Gasteiger partial charge in [-0.05, 0) is 30.0 Å². The van der Waals surface area contributed by atoms with E-state index >= 15 is 0 Å². The molecule has 0 radical (unpaired) electrons. The van der Waals surface area contributed by atoms with Gasteiger partial charge in [-0.15, -0.1) is 11.3 Å². The van der Waals surface area contributed by atoms with Crippen LogP contribution in [-0.4, -0.2) is 36.2 Å². The summed E-state index contributed by atoms with van der Waals surface area (Å²) in [4.78, 5) is 3.45. The van der Waals surface area contributed by atoms with Crippen LogP contribution in [0, 0.1) is 12.7 Å². The number of nitrogens with one attached hydrogen (secondary N) is 1. The molecule has 2 aromatic rings. The Balaban J connectivity index is 2.09. The van der Waals surface area contributed by atoms with Gasteiger partial charge in [0.1, 0.15) is 0 Å². The lowest BCUT2D eigenvalue weighted by atomic mass is 9.96. The van der Waals surface area contributed by atoms with E-state index in [1.54, 1.807) is 17.4 Å². The van der Waals surface area contributed by atoms with Gasteiger partial charge in [0.05, 0.1) is 6.04 Å². The topological polar surface area (TPSA) is 35.5 Å². The summed E-state index contributed by atoms with van der Waals surface area (Å²) in [7, 11) is 0. The maximum Gasteiger partial charge on any atom is 0.165 e. The second-order valence-corrected chi connectivity index (χ2v) is 6.31. The van der Waals surface area contributed by atoms with Crippen molar-refractivity contribution in [1.82, 2.24) is 10.2 Å². The number of thiophene rings is 1. The standard InChI is InChI=1S/C16H19FN2OS/c1-11-4-5-12(17)16(20)14(11)15(13-3-2-10-21-13)19-8-6-18-7-9-19/h2-5,10,15,18,20H,6-9H2,1H3/t15-/m0/s1. The van der Waals surface area contributed by atoms with Gasteiger partial charge in [-0.2, -0.15) is 0 Å². The minimum Gasteiger partial charge on any atom is -0.505 e. The van der Waals surface area contributed by atoms with Crippen LogP contribution in [0.3, 0.4) is 0 Å². The SMILES string of the molecule is Cc1ccc(F)c(O)c1[C@H](c1cccs1)N1CCNCC1. The molecule has 1 aromatic heterocycles. The van der Waals surface area contributed by atoms with Crippen LogP contribution in [0.15, 0.2) is 29.6 Å². The van der Waals surface area contributed by atoms with Crippen LogP contribution in [0.4, 0.5) is 4.39 Å². The van der Waals surface area contributed by atoms with Crippen LogP contribution in [0.1, 0.15) is 22.0 Å². The molecule has 0 spiro atoms. The fourth-order valence-corrected chi connectivity index (χ4v) is 3.79. The van der Waals surface area contributed by atoms with Gasteiger partial charge in [0, 0.05) is 36.6 Å². The Morgan fingerprint density at radius 1 is 1.29 bits per heavy atom. The predicted molar refractivity (Wildman–Crippen MR) is 83.4 cm³/mol. The third-order valence-corrected chi connectivity index (χ3v) is 4.91. The first-order valence-corrected chi connectivity index (χ1v) is 8.02. The molecule has 0 bridgehead atoms. The van der Waals surface area contributed by atoms with Gasteiger partial charge in [0.15, 0.2) is 11.6 Å². The second-order valence-electron chi connectivity index (χ2n) is 5.33. The Morgan fingerprint density at radius 3 is 2.71 bits per heavy atom. The van der Waals surface area contributed by atoms with E-state index in [1.807, 2.05) is 18.4 Å². The highest BCUT2D eigenvalue weighted by atomic mass is 32.1. The summed E-state index contributed by atoms with van der Waals surface area (Å²) < 4.78 is 13.9. The van der Waals surface area contributed by atoms with E-state index in [-0.39, 0.29) is 11.8 Å². The van der Waals surface area contributed by atoms with E-state index < -0.39 is 5.82 Å². The van der Waals surface area contributed by atoms with Crippen molar-refractivity contribution in [2.75, 3.05) is 26.2 Å². The number of aromatic hydroxyl groups is 1. The summed E-state index contributed by atoms with van der Waals surface area (Å²) in [5.41, 5.74) is 1.62. The average Bonchev–Trinajstić information content (AvgIpc) is 3.02. The zero-order valence-corrected chi connectivity index (χ0v) is 12.8. The maximum absolute atomic E-state index is 13.9. The first kappa shape index (κ1) is 14.5. The highest BCUT2D eigenvalue weighted by Gasteiger charge is 2.29. The monoisotopic (exact) mass is 306 g/mol. The molecule has 112 valence electrons. The molecule has 0 amide bonds. The molecule has 5 heteroatoms. The Morgan fingerprint density at radius 2 is 2.05 bits per heavy atom. The Hall–Kier alpha value is -1.43. The van der Waals surface area contributed by atoms with E-state index in [9.17, 15) is 9.50 Å². The van der Waals surface area contributed by atoms with Crippen LogP contribution in [0.2, 0.25) is 0 Å². The van der Waals surface area contributed by atoms with E-state index in [0.29, 0.717) is 5.56 Å². The molecule has 1 aliphatic heterocycles. The van der Waals surface area contributed by atoms with Gasteiger partial charge < -0.3 is 10.4 Å². The Kier molecular flexibility index (Phi) is 4.24. The van der Waals surface area contributed by atoms with Gasteiger partial charge in [-0.1, -0.05) is 12.1 Å². The number of hydrogen-bond donors (Lipinski definition) is 2. The number of hydrogen-bond acceptors (Lipinski definition) is 4. The molecule has 2 heterocycles. The van der Waals surface area contributed by atoms with Gasteiger partial charge in [0.25, 0.3) is 0 Å². The molecule has 2 N–H and O–H groups in total. The van der Waals surface area contributed by atoms with Crippen molar-refractivity contribution in [3.63, 3.8) is 0 Å². The summed E-state index contributed by atoms with van der Waals surface area (Å²) in [6.07, 6.45) is 0. The molecule has 0 saturated carbocycles. The fourth-order valence-electron chi connectivity index (χ4n) is 2.92. The van der Waals surface area contributed by atoms with E-state index in [2.05, 4.69) is 16.3 Å². The number of halogens is 1. The minimum absolute atomic E-state index is 0.0807. The quantitative estimate of drug-likeness (QED) is 0.915. The zero-order chi connectivity index (χ0) is 14.8. The molecule has 1 atom stereocenters. The van der Waals surface area contributed by atoms with Crippen LogP contribution >= 0.6 is 11.3 Å². The van der Waals surface area contributed by atoms with E-state index in [4.69, 9.17) is 0 Å². The average molecular weight is 306 g/mol. The normalized spacial score (nSPS) is 17.8. The maximum atomic E-state index is 13.9. The van der Waals surface area contributed by atoms with Crippen LogP contribution in [0.25, 0.3) is 0 Å². The molecule has 1 saturated heterocycles. The molecule has 3 rings (SSSR count). The minimum atomic E-state index is -0.549. The number of aryl methyl sites for hydroxylation is 1. The first-order valence-electron chi connectivity index (χ1n) is 7.14. The summed E-state index contributed by atoms with van der Waals surface area (Å²) in [6, 6.07) is 7.05. The van der Waals surface area contributed by atoms with Crippen molar-refractivity contribution in [1.29, 1.82) is 0 Å².